The fraction of sp³-hybridized carbons (Fsp3) is 0.615. The molecule has 0 aromatic rings. The monoisotopic (exact) mass is 194 g/mol. The molecule has 0 aromatic carbocycles. The number of carbonyl (C=O) groups is 1. The molecule has 0 aliphatic rings. The second kappa shape index (κ2) is 12.2. The highest BCUT2D eigenvalue weighted by atomic mass is 16.1. The molecule has 80 valence electrons. The molecule has 0 saturated carbocycles. The molecular formula is C13H22O. The van der Waals surface area contributed by atoms with Crippen molar-refractivity contribution in [2.24, 2.45) is 0 Å². The van der Waals surface area contributed by atoms with Crippen molar-refractivity contribution in [3.8, 4) is 0 Å². The number of hydrogen-bond donors (Lipinski definition) is 0. The van der Waals surface area contributed by atoms with Crippen LogP contribution in [0.15, 0.2) is 24.3 Å². The minimum absolute atomic E-state index is 0.834. The van der Waals surface area contributed by atoms with Crippen LogP contribution in [0.1, 0.15) is 51.9 Å². The van der Waals surface area contributed by atoms with Crippen molar-refractivity contribution in [3.63, 3.8) is 0 Å². The molecule has 0 spiro atoms. The van der Waals surface area contributed by atoms with E-state index in [1.807, 2.05) is 6.08 Å². The highest BCUT2D eigenvalue weighted by Gasteiger charge is 1.82. The average Bonchev–Trinajstić information content (AvgIpc) is 2.21. The number of rotatable bonds is 9. The molecular weight excluding hydrogens is 172 g/mol. The van der Waals surface area contributed by atoms with Gasteiger partial charge in [-0.3, -0.25) is 4.79 Å². The fourth-order valence-corrected chi connectivity index (χ4v) is 1.25. The summed E-state index contributed by atoms with van der Waals surface area (Å²) >= 11 is 0. The zero-order chi connectivity index (χ0) is 10.5. The van der Waals surface area contributed by atoms with Gasteiger partial charge in [0.1, 0.15) is 6.29 Å². The molecule has 0 radical (unpaired) electrons. The highest BCUT2D eigenvalue weighted by Crippen LogP contribution is 2.02. The molecule has 0 aliphatic carbocycles. The van der Waals surface area contributed by atoms with Crippen molar-refractivity contribution in [2.75, 3.05) is 0 Å². The van der Waals surface area contributed by atoms with Gasteiger partial charge >= 0.3 is 0 Å². The van der Waals surface area contributed by atoms with Gasteiger partial charge in [0.05, 0.1) is 0 Å². The van der Waals surface area contributed by atoms with Gasteiger partial charge in [-0.1, -0.05) is 38.0 Å². The Hall–Kier alpha value is -0.850. The quantitative estimate of drug-likeness (QED) is 0.234. The molecule has 1 heteroatoms. The first-order valence-corrected chi connectivity index (χ1v) is 5.67. The van der Waals surface area contributed by atoms with Gasteiger partial charge in [0.25, 0.3) is 0 Å². The SMILES string of the molecule is CCCCC/C=C/CCC/C=C/C=O. The van der Waals surface area contributed by atoms with Crippen molar-refractivity contribution in [1.82, 2.24) is 0 Å². The van der Waals surface area contributed by atoms with Gasteiger partial charge in [-0.2, -0.15) is 0 Å². The Bertz CT molecular complexity index is 168. The Kier molecular flexibility index (Phi) is 11.4. The average molecular weight is 194 g/mol. The van der Waals surface area contributed by atoms with Crippen LogP contribution in [-0.2, 0) is 4.79 Å². The minimum Gasteiger partial charge on any atom is -0.299 e. The lowest BCUT2D eigenvalue weighted by Crippen LogP contribution is -1.72. The Morgan fingerprint density at radius 3 is 2.14 bits per heavy atom. The van der Waals surface area contributed by atoms with Crippen molar-refractivity contribution in [2.45, 2.75) is 51.9 Å². The van der Waals surface area contributed by atoms with Gasteiger partial charge in [-0.25, -0.2) is 0 Å². The predicted octanol–water partition coefficient (Wildman–Crippen LogP) is 4.05. The van der Waals surface area contributed by atoms with E-state index in [0.717, 1.165) is 25.5 Å². The summed E-state index contributed by atoms with van der Waals surface area (Å²) in [6.45, 7) is 2.23. The topological polar surface area (TPSA) is 17.1 Å². The van der Waals surface area contributed by atoms with E-state index in [2.05, 4.69) is 19.1 Å². The van der Waals surface area contributed by atoms with Crippen LogP contribution in [0, 0.1) is 0 Å². The smallest absolute Gasteiger partial charge is 0.142 e. The lowest BCUT2D eigenvalue weighted by molar-refractivity contribution is -0.104. The maximum Gasteiger partial charge on any atom is 0.142 e. The molecule has 1 nitrogen and oxygen atoms in total. The summed E-state index contributed by atoms with van der Waals surface area (Å²) in [6, 6.07) is 0. The molecule has 0 atom stereocenters. The summed E-state index contributed by atoms with van der Waals surface area (Å²) in [5.41, 5.74) is 0. The number of carbonyl (C=O) groups excluding carboxylic acids is 1. The van der Waals surface area contributed by atoms with Gasteiger partial charge < -0.3 is 0 Å². The number of allylic oxidation sites excluding steroid dienone is 4. The lowest BCUT2D eigenvalue weighted by atomic mass is 10.1. The molecule has 0 unspecified atom stereocenters. The maximum atomic E-state index is 9.94. The van der Waals surface area contributed by atoms with Crippen molar-refractivity contribution < 1.29 is 4.79 Å². The predicted molar refractivity (Wildman–Crippen MR) is 62.3 cm³/mol. The van der Waals surface area contributed by atoms with Gasteiger partial charge in [-0.15, -0.1) is 0 Å². The number of hydrogen-bond acceptors (Lipinski definition) is 1. The van der Waals surface area contributed by atoms with Gasteiger partial charge in [0, 0.05) is 0 Å². The molecule has 0 aromatic heterocycles. The highest BCUT2D eigenvalue weighted by molar-refractivity contribution is 5.64. The van der Waals surface area contributed by atoms with E-state index in [1.54, 1.807) is 6.08 Å². The first-order chi connectivity index (χ1) is 6.91. The van der Waals surface area contributed by atoms with Crippen LogP contribution in [0.3, 0.4) is 0 Å². The third-order valence-electron chi connectivity index (χ3n) is 2.10. The molecule has 0 bridgehead atoms. The van der Waals surface area contributed by atoms with Crippen molar-refractivity contribution in [1.29, 1.82) is 0 Å². The number of aldehydes is 1. The Labute approximate surface area is 87.9 Å². The first-order valence-electron chi connectivity index (χ1n) is 5.67. The molecule has 14 heavy (non-hydrogen) atoms. The zero-order valence-electron chi connectivity index (χ0n) is 9.24. The van der Waals surface area contributed by atoms with Crippen LogP contribution in [0.2, 0.25) is 0 Å². The molecule has 0 saturated heterocycles. The summed E-state index contributed by atoms with van der Waals surface area (Å²) in [7, 11) is 0. The second-order valence-electron chi connectivity index (χ2n) is 3.46. The van der Waals surface area contributed by atoms with Crippen LogP contribution < -0.4 is 0 Å². The molecule has 0 amide bonds. The first kappa shape index (κ1) is 13.2. The molecule has 0 fully saturated rings. The summed E-state index contributed by atoms with van der Waals surface area (Å²) in [5, 5.41) is 0. The van der Waals surface area contributed by atoms with Crippen molar-refractivity contribution in [3.05, 3.63) is 24.3 Å². The maximum absolute atomic E-state index is 9.94. The Morgan fingerprint density at radius 1 is 0.857 bits per heavy atom. The third kappa shape index (κ3) is 11.2. The Balaban J connectivity index is 3.10. The van der Waals surface area contributed by atoms with E-state index in [9.17, 15) is 4.79 Å². The summed E-state index contributed by atoms with van der Waals surface area (Å²) < 4.78 is 0. The summed E-state index contributed by atoms with van der Waals surface area (Å²) in [6.07, 6.45) is 17.3. The normalized spacial score (nSPS) is 11.5. The minimum atomic E-state index is 0.834. The summed E-state index contributed by atoms with van der Waals surface area (Å²) in [4.78, 5) is 9.94. The van der Waals surface area contributed by atoms with Crippen LogP contribution in [0.4, 0.5) is 0 Å². The third-order valence-corrected chi connectivity index (χ3v) is 2.10. The molecule has 0 aliphatic heterocycles. The van der Waals surface area contributed by atoms with E-state index < -0.39 is 0 Å². The Morgan fingerprint density at radius 2 is 1.50 bits per heavy atom. The number of unbranched alkanes of at least 4 members (excludes halogenated alkanes) is 5. The van der Waals surface area contributed by atoms with E-state index in [0.29, 0.717) is 0 Å². The zero-order valence-corrected chi connectivity index (χ0v) is 9.24. The standard InChI is InChI=1S/C13H22O/c1-2-3-4-5-6-7-8-9-10-11-12-13-14/h6-7,11-13H,2-5,8-10H2,1H3/b7-6+,12-11+. The second-order valence-corrected chi connectivity index (χ2v) is 3.46. The van der Waals surface area contributed by atoms with Gasteiger partial charge in [0.2, 0.25) is 0 Å². The van der Waals surface area contributed by atoms with Crippen LogP contribution >= 0.6 is 0 Å². The molecule has 0 rings (SSSR count). The van der Waals surface area contributed by atoms with Crippen molar-refractivity contribution >= 4 is 6.29 Å². The van der Waals surface area contributed by atoms with E-state index in [1.165, 1.54) is 25.7 Å². The molecule has 0 N–H and O–H groups in total. The fourth-order valence-electron chi connectivity index (χ4n) is 1.25. The van der Waals surface area contributed by atoms with Gasteiger partial charge in [0.15, 0.2) is 0 Å². The lowest BCUT2D eigenvalue weighted by Gasteiger charge is -1.92. The van der Waals surface area contributed by atoms with E-state index >= 15 is 0 Å². The molecule has 0 heterocycles. The van der Waals surface area contributed by atoms with Crippen LogP contribution in [0.25, 0.3) is 0 Å². The van der Waals surface area contributed by atoms with Crippen LogP contribution in [-0.4, -0.2) is 6.29 Å². The summed E-state index contributed by atoms with van der Waals surface area (Å²) in [5.74, 6) is 0. The van der Waals surface area contributed by atoms with E-state index in [-0.39, 0.29) is 0 Å². The van der Waals surface area contributed by atoms with Gasteiger partial charge in [-0.05, 0) is 38.2 Å². The van der Waals surface area contributed by atoms with E-state index in [4.69, 9.17) is 0 Å². The largest absolute Gasteiger partial charge is 0.299 e. The van der Waals surface area contributed by atoms with Crippen LogP contribution in [0.5, 0.6) is 0 Å².